The minimum Gasteiger partial charge on any atom is -0.481 e. The van der Waals surface area contributed by atoms with Crippen molar-refractivity contribution in [3.8, 4) is 0 Å². The molecule has 2 aromatic rings. The summed E-state index contributed by atoms with van der Waals surface area (Å²) in [6.07, 6.45) is 1.67. The Labute approximate surface area is 265 Å². The van der Waals surface area contributed by atoms with Crippen molar-refractivity contribution in [2.45, 2.75) is 84.5 Å². The number of carboxylic acids is 2. The maximum atomic E-state index is 12.6. The molecule has 0 bridgehead atoms. The van der Waals surface area contributed by atoms with Gasteiger partial charge in [-0.05, 0) is 79.3 Å². The summed E-state index contributed by atoms with van der Waals surface area (Å²) in [6, 6.07) is 0. The molecule has 5 rings (SSSR count). The Kier molecular flexibility index (Phi) is 9.27. The number of thiol groups is 1. The number of hydrogen-bond donors (Lipinski definition) is 6. The smallest absolute Gasteiger partial charge is 0.332 e. The highest BCUT2D eigenvalue weighted by molar-refractivity contribution is 7.86. The summed E-state index contributed by atoms with van der Waals surface area (Å²) >= 11 is 1.34. The number of allylic oxidation sites excluding steroid dienone is 2. The van der Waals surface area contributed by atoms with Crippen LogP contribution in [0.5, 0.6) is 0 Å². The first kappa shape index (κ1) is 32.5. The Balaban J connectivity index is 1.54. The number of H-pyrrole nitrogens is 2. The summed E-state index contributed by atoms with van der Waals surface area (Å²) in [5, 5.41) is 32.8. The number of hydrogen-bond acceptors (Lipinski definition) is 5. The summed E-state index contributed by atoms with van der Waals surface area (Å²) < 4.78 is 0. The lowest BCUT2D eigenvalue weighted by atomic mass is 9.91. The molecule has 2 aromatic heterocycles. The van der Waals surface area contributed by atoms with Gasteiger partial charge in [-0.25, -0.2) is 9.79 Å². The zero-order chi connectivity index (χ0) is 32.7. The molecule has 12 heteroatoms. The van der Waals surface area contributed by atoms with E-state index in [-0.39, 0.29) is 42.9 Å². The minimum absolute atomic E-state index is 0.00427. The highest BCUT2D eigenvalue weighted by atomic mass is 32.2. The third kappa shape index (κ3) is 6.57. The highest BCUT2D eigenvalue weighted by Crippen LogP contribution is 2.38. The van der Waals surface area contributed by atoms with Gasteiger partial charge in [0, 0.05) is 65.6 Å². The number of amides is 2. The predicted octanol–water partition coefficient (Wildman–Crippen LogP) is 2.73. The Hall–Kier alpha value is -3.90. The molecule has 0 aromatic carbocycles. The van der Waals surface area contributed by atoms with E-state index in [9.17, 15) is 34.5 Å². The van der Waals surface area contributed by atoms with Gasteiger partial charge in [0.05, 0.1) is 11.6 Å². The number of nitrogens with zero attached hydrogens (tertiary/aromatic N) is 1. The van der Waals surface area contributed by atoms with E-state index in [1.165, 1.54) is 11.8 Å². The van der Waals surface area contributed by atoms with Crippen molar-refractivity contribution < 1.29 is 34.5 Å². The second-order valence-corrected chi connectivity index (χ2v) is 13.7. The van der Waals surface area contributed by atoms with Gasteiger partial charge in [0.25, 0.3) is 5.91 Å². The number of aliphatic hydroxyl groups excluding tert-OH is 1. The minimum atomic E-state index is -1.62. The van der Waals surface area contributed by atoms with Crippen LogP contribution in [0.1, 0.15) is 78.6 Å². The second kappa shape index (κ2) is 12.8. The summed E-state index contributed by atoms with van der Waals surface area (Å²) in [6.45, 7) is 9.54. The van der Waals surface area contributed by atoms with E-state index < -0.39 is 18.0 Å². The van der Waals surface area contributed by atoms with Gasteiger partial charge >= 0.3 is 11.9 Å². The van der Waals surface area contributed by atoms with E-state index in [0.717, 1.165) is 50.8 Å². The van der Waals surface area contributed by atoms with E-state index in [2.05, 4.69) is 20.3 Å². The number of carboxylic acid groups (broad SMARTS) is 2. The number of carbonyl (C=O) groups is 4. The molecule has 0 radical (unpaired) electrons. The zero-order valence-electron chi connectivity index (χ0n) is 26.2. The van der Waals surface area contributed by atoms with Crippen LogP contribution < -0.4 is 5.32 Å². The van der Waals surface area contributed by atoms with E-state index in [1.54, 1.807) is 0 Å². The Morgan fingerprint density at radius 3 is 2.33 bits per heavy atom. The van der Waals surface area contributed by atoms with Gasteiger partial charge in [-0.3, -0.25) is 14.4 Å². The normalized spacial score (nSPS) is 22.8. The molecular weight excluding hydrogens is 596 g/mol. The molecule has 240 valence electrons. The van der Waals surface area contributed by atoms with Crippen molar-refractivity contribution in [2.75, 3.05) is 5.75 Å². The first-order chi connectivity index (χ1) is 21.3. The van der Waals surface area contributed by atoms with Crippen molar-refractivity contribution in [2.24, 2.45) is 16.8 Å². The van der Waals surface area contributed by atoms with E-state index in [1.807, 2.05) is 40.7 Å². The van der Waals surface area contributed by atoms with Crippen LogP contribution in [0.15, 0.2) is 21.8 Å². The van der Waals surface area contributed by atoms with Gasteiger partial charge in [-0.1, -0.05) is 13.8 Å². The molecule has 4 atom stereocenters. The van der Waals surface area contributed by atoms with Crippen molar-refractivity contribution >= 4 is 47.3 Å². The number of carbonyl (C=O) groups excluding carboxylic acids is 2. The lowest BCUT2D eigenvalue weighted by molar-refractivity contribution is -0.146. The molecule has 0 aliphatic carbocycles. The highest BCUT2D eigenvalue weighted by Gasteiger charge is 2.52. The summed E-state index contributed by atoms with van der Waals surface area (Å²) in [5.74, 6) is -1.42. The second-order valence-electron chi connectivity index (χ2n) is 12.3. The monoisotopic (exact) mass is 637 g/mol. The Bertz CT molecular complexity index is 1670. The lowest BCUT2D eigenvalue weighted by Crippen LogP contribution is -2.22. The number of aliphatic carboxylic acids is 2. The summed E-state index contributed by atoms with van der Waals surface area (Å²) in [7, 11) is 0. The molecule has 45 heavy (non-hydrogen) atoms. The van der Waals surface area contributed by atoms with Gasteiger partial charge in [0.15, 0.2) is 17.1 Å². The first-order valence-corrected chi connectivity index (χ1v) is 16.5. The third-order valence-corrected chi connectivity index (χ3v) is 10.6. The molecule has 0 unspecified atom stereocenters. The van der Waals surface area contributed by atoms with Crippen LogP contribution in [0.4, 0.5) is 0 Å². The molecule has 3 aliphatic rings. The largest absolute Gasteiger partial charge is 0.481 e. The van der Waals surface area contributed by atoms with Crippen LogP contribution in [0.3, 0.4) is 0 Å². The fraction of sp³-hybridized carbons (Fsp3) is 0.485. The number of aliphatic imine (C=N–C) groups is 1. The standard InChI is InChI=1S/C33H40N4O7S/c1-6-18-14(2)23(36-32(18)42)10-21-16(4)20(9-27(38)33(43)44)25(35-21)12-24-19(7-8-29(39)40)15(3)22(34-24)11-26-30(28-13-45-28)17(5)31(41)37-26/h11,17,27-28,30,34-35,38H,6-10,12-13H2,1-5H3,(H,37,41)(H,39,40)(H,43,44)/p+1/b26-11-/t17-,27+,28-,30-/m1/s1. The molecule has 0 spiro atoms. The van der Waals surface area contributed by atoms with E-state index in [4.69, 9.17) is 0 Å². The molecule has 2 saturated heterocycles. The van der Waals surface area contributed by atoms with Gasteiger partial charge in [-0.15, -0.1) is 0 Å². The van der Waals surface area contributed by atoms with Gasteiger partial charge < -0.3 is 30.6 Å². The Morgan fingerprint density at radius 2 is 1.73 bits per heavy atom. The average Bonchev–Trinajstić information content (AvgIpc) is 3.56. The van der Waals surface area contributed by atoms with Gasteiger partial charge in [0.2, 0.25) is 5.91 Å². The van der Waals surface area contributed by atoms with Crippen molar-refractivity contribution in [3.05, 3.63) is 61.9 Å². The van der Waals surface area contributed by atoms with Crippen LogP contribution in [0.25, 0.3) is 6.08 Å². The van der Waals surface area contributed by atoms with Crippen molar-refractivity contribution in [3.63, 3.8) is 0 Å². The lowest BCUT2D eigenvalue weighted by Gasteiger charge is -2.10. The first-order valence-electron chi connectivity index (χ1n) is 15.3. The quantitative estimate of drug-likeness (QED) is 0.111. The molecule has 3 aliphatic heterocycles. The molecule has 0 saturated carbocycles. The van der Waals surface area contributed by atoms with Crippen molar-refractivity contribution in [1.29, 1.82) is 0 Å². The number of nitrogens with one attached hydrogen (secondary N) is 3. The van der Waals surface area contributed by atoms with Crippen LogP contribution in [0.2, 0.25) is 0 Å². The maximum absolute atomic E-state index is 12.6. The van der Waals surface area contributed by atoms with Crippen LogP contribution >= 0.6 is 0 Å². The summed E-state index contributed by atoms with van der Waals surface area (Å²) in [4.78, 5) is 59.4. The number of aromatic nitrogens is 2. The molecule has 11 nitrogen and oxygen atoms in total. The fourth-order valence-electron chi connectivity index (χ4n) is 6.66. The zero-order valence-corrected chi connectivity index (χ0v) is 27.1. The SMILES string of the molecule is CCC1=C(C)C(Cc2[nH]c(Cc3[nH]c(/C=C4\NC(=O)[C@H](C)[C@H]4[C@H]4C[SH+]4)c(C)c3CCC(=O)O)c(C[C@H](O)C(=O)O)c2C)=NC1=O. The molecule has 6 N–H and O–H groups in total. The number of aromatic amines is 2. The van der Waals surface area contributed by atoms with Crippen LogP contribution in [-0.2, 0) is 56.6 Å². The third-order valence-electron chi connectivity index (χ3n) is 9.47. The predicted molar refractivity (Wildman–Crippen MR) is 172 cm³/mol. The van der Waals surface area contributed by atoms with Gasteiger partial charge in [-0.2, -0.15) is 0 Å². The van der Waals surface area contributed by atoms with Crippen LogP contribution in [-0.4, -0.2) is 71.9 Å². The summed E-state index contributed by atoms with van der Waals surface area (Å²) in [5.41, 5.74) is 9.25. The molecule has 2 fully saturated rings. The van der Waals surface area contributed by atoms with E-state index in [0.29, 0.717) is 47.1 Å². The van der Waals surface area contributed by atoms with E-state index >= 15 is 0 Å². The van der Waals surface area contributed by atoms with Crippen LogP contribution in [0, 0.1) is 25.7 Å². The number of rotatable bonds is 13. The Morgan fingerprint density at radius 1 is 1.04 bits per heavy atom. The molecule has 5 heterocycles. The maximum Gasteiger partial charge on any atom is 0.332 e. The average molecular weight is 638 g/mol. The molecule has 2 amide bonds. The van der Waals surface area contributed by atoms with Gasteiger partial charge in [0.1, 0.15) is 0 Å². The fourth-order valence-corrected chi connectivity index (χ4v) is 7.65. The topological polar surface area (TPSA) is 185 Å². The van der Waals surface area contributed by atoms with Crippen molar-refractivity contribution in [1.82, 2.24) is 15.3 Å². The molecular formula is C33H41N4O7S+. The number of aliphatic hydroxyl groups is 1.